The van der Waals surface area contributed by atoms with Crippen molar-refractivity contribution in [3.63, 3.8) is 0 Å². The highest BCUT2D eigenvalue weighted by molar-refractivity contribution is 7.93. The Balaban J connectivity index is 1.41. The molecule has 1 aliphatic heterocycles. The van der Waals surface area contributed by atoms with Crippen LogP contribution in [0.5, 0.6) is 0 Å². The molecule has 0 aromatic heterocycles. The molecule has 1 aliphatic rings. The lowest BCUT2D eigenvalue weighted by molar-refractivity contribution is -0.121. The summed E-state index contributed by atoms with van der Waals surface area (Å²) in [7, 11) is -3.57. The van der Waals surface area contributed by atoms with Crippen molar-refractivity contribution >= 4 is 32.4 Å². The molecule has 0 fully saturated rings. The minimum atomic E-state index is -3.57. The normalized spacial score (nSPS) is 15.4. The molecular formula is C24H26N2O3S. The van der Waals surface area contributed by atoms with E-state index in [-0.39, 0.29) is 24.9 Å². The van der Waals surface area contributed by atoms with Crippen molar-refractivity contribution in [2.24, 2.45) is 0 Å². The topological polar surface area (TPSA) is 66.5 Å². The zero-order valence-corrected chi connectivity index (χ0v) is 18.3. The average molecular weight is 423 g/mol. The van der Waals surface area contributed by atoms with E-state index in [1.165, 1.54) is 9.87 Å². The molecule has 1 N–H and O–H groups in total. The van der Waals surface area contributed by atoms with Crippen molar-refractivity contribution in [2.45, 2.75) is 44.6 Å². The fraction of sp³-hybridized carbons (Fsp3) is 0.292. The summed E-state index contributed by atoms with van der Waals surface area (Å²) in [4.78, 5) is 12.8. The van der Waals surface area contributed by atoms with Crippen LogP contribution in [0.4, 0.5) is 5.69 Å². The summed E-state index contributed by atoms with van der Waals surface area (Å²) in [6.45, 7) is 6.34. The van der Waals surface area contributed by atoms with Crippen molar-refractivity contribution in [1.82, 2.24) is 5.32 Å². The van der Waals surface area contributed by atoms with E-state index >= 15 is 0 Å². The number of anilines is 1. The van der Waals surface area contributed by atoms with Crippen LogP contribution in [0.1, 0.15) is 42.5 Å². The zero-order chi connectivity index (χ0) is 21.5. The van der Waals surface area contributed by atoms with Gasteiger partial charge in [0.25, 0.3) is 10.0 Å². The number of rotatable bonds is 6. The van der Waals surface area contributed by atoms with E-state index in [0.717, 1.165) is 21.9 Å². The van der Waals surface area contributed by atoms with Crippen molar-refractivity contribution in [1.29, 1.82) is 0 Å². The summed E-state index contributed by atoms with van der Waals surface area (Å²) in [6, 6.07) is 17.1. The second-order valence-electron chi connectivity index (χ2n) is 7.96. The SMILES string of the molecule is Cc1ccc(C(C)NC(=O)CCCN2c3cccc4cccc(c34)S2(=O)=O)c(C)c1. The number of carbonyl (C=O) groups is 1. The van der Waals surface area contributed by atoms with Crippen LogP contribution in [0.15, 0.2) is 59.5 Å². The van der Waals surface area contributed by atoms with Crippen LogP contribution in [0.2, 0.25) is 0 Å². The lowest BCUT2D eigenvalue weighted by Crippen LogP contribution is -2.31. The van der Waals surface area contributed by atoms with Crippen LogP contribution in [-0.2, 0) is 14.8 Å². The maximum atomic E-state index is 13.0. The molecule has 0 saturated heterocycles. The van der Waals surface area contributed by atoms with Crippen LogP contribution < -0.4 is 9.62 Å². The third-order valence-corrected chi connectivity index (χ3v) is 7.57. The van der Waals surface area contributed by atoms with Gasteiger partial charge in [0.15, 0.2) is 0 Å². The summed E-state index contributed by atoms with van der Waals surface area (Å²) in [6.07, 6.45) is 0.725. The lowest BCUT2D eigenvalue weighted by atomic mass is 10.00. The van der Waals surface area contributed by atoms with Crippen LogP contribution >= 0.6 is 0 Å². The first-order valence-electron chi connectivity index (χ1n) is 10.2. The number of nitrogens with zero attached hydrogens (tertiary/aromatic N) is 1. The molecule has 30 heavy (non-hydrogen) atoms. The smallest absolute Gasteiger partial charge is 0.265 e. The zero-order valence-electron chi connectivity index (χ0n) is 17.5. The molecule has 0 spiro atoms. The molecule has 5 nitrogen and oxygen atoms in total. The molecule has 4 rings (SSSR count). The Bertz CT molecular complexity index is 1230. The maximum absolute atomic E-state index is 13.0. The number of benzene rings is 3. The Labute approximate surface area is 177 Å². The highest BCUT2D eigenvalue weighted by Crippen LogP contribution is 2.41. The Morgan fingerprint density at radius 3 is 2.53 bits per heavy atom. The molecular weight excluding hydrogens is 396 g/mol. The molecule has 0 saturated carbocycles. The van der Waals surface area contributed by atoms with E-state index in [4.69, 9.17) is 0 Å². The van der Waals surface area contributed by atoms with Gasteiger partial charge in [0.05, 0.1) is 16.6 Å². The Morgan fingerprint density at radius 1 is 1.07 bits per heavy atom. The molecule has 156 valence electrons. The van der Waals surface area contributed by atoms with Gasteiger partial charge in [0.1, 0.15) is 0 Å². The summed E-state index contributed by atoms with van der Waals surface area (Å²) >= 11 is 0. The van der Waals surface area contributed by atoms with Gasteiger partial charge in [0, 0.05) is 18.4 Å². The van der Waals surface area contributed by atoms with E-state index in [2.05, 4.69) is 11.4 Å². The number of sulfonamides is 1. The number of hydrogen-bond donors (Lipinski definition) is 1. The second-order valence-corrected chi connectivity index (χ2v) is 9.79. The largest absolute Gasteiger partial charge is 0.350 e. The third-order valence-electron chi connectivity index (χ3n) is 5.72. The first-order valence-corrected chi connectivity index (χ1v) is 11.6. The van der Waals surface area contributed by atoms with Gasteiger partial charge in [-0.25, -0.2) is 8.42 Å². The van der Waals surface area contributed by atoms with Crippen LogP contribution in [0, 0.1) is 13.8 Å². The molecule has 1 heterocycles. The number of nitrogens with one attached hydrogen (secondary N) is 1. The lowest BCUT2D eigenvalue weighted by Gasteiger charge is -2.20. The quantitative estimate of drug-likeness (QED) is 0.630. The van der Waals surface area contributed by atoms with Crippen LogP contribution in [0.3, 0.4) is 0 Å². The molecule has 1 amide bonds. The first-order chi connectivity index (χ1) is 14.3. The van der Waals surface area contributed by atoms with E-state index in [1.807, 2.05) is 57.2 Å². The molecule has 0 bridgehead atoms. The van der Waals surface area contributed by atoms with E-state index < -0.39 is 10.0 Å². The highest BCUT2D eigenvalue weighted by atomic mass is 32.2. The van der Waals surface area contributed by atoms with Gasteiger partial charge in [-0.05, 0) is 55.8 Å². The van der Waals surface area contributed by atoms with Crippen molar-refractivity contribution in [3.8, 4) is 0 Å². The Morgan fingerprint density at radius 2 is 1.80 bits per heavy atom. The molecule has 3 aromatic rings. The van der Waals surface area contributed by atoms with E-state index in [0.29, 0.717) is 17.0 Å². The summed E-state index contributed by atoms with van der Waals surface area (Å²) < 4.78 is 27.4. The van der Waals surface area contributed by atoms with Gasteiger partial charge >= 0.3 is 0 Å². The van der Waals surface area contributed by atoms with Gasteiger partial charge in [-0.3, -0.25) is 9.10 Å². The van der Waals surface area contributed by atoms with Gasteiger partial charge in [-0.2, -0.15) is 0 Å². The number of aryl methyl sites for hydroxylation is 2. The standard InChI is InChI=1S/C24H26N2O3S/c1-16-12-13-20(17(2)15-16)18(3)25-23(27)11-6-14-26-21-9-4-7-19-8-5-10-22(24(19)21)30(26,28)29/h4-5,7-10,12-13,15,18H,6,11,14H2,1-3H3,(H,25,27). The van der Waals surface area contributed by atoms with Crippen molar-refractivity contribution in [2.75, 3.05) is 10.8 Å². The van der Waals surface area contributed by atoms with Gasteiger partial charge < -0.3 is 5.32 Å². The van der Waals surface area contributed by atoms with Crippen molar-refractivity contribution in [3.05, 3.63) is 71.3 Å². The summed E-state index contributed by atoms with van der Waals surface area (Å²) in [5, 5.41) is 4.72. The minimum absolute atomic E-state index is 0.0743. The molecule has 0 aliphatic carbocycles. The maximum Gasteiger partial charge on any atom is 0.265 e. The predicted molar refractivity (Wildman–Crippen MR) is 120 cm³/mol. The summed E-state index contributed by atoms with van der Waals surface area (Å²) in [5.41, 5.74) is 4.14. The van der Waals surface area contributed by atoms with Gasteiger partial charge in [0.2, 0.25) is 5.91 Å². The van der Waals surface area contributed by atoms with E-state index in [9.17, 15) is 13.2 Å². The van der Waals surface area contributed by atoms with Crippen molar-refractivity contribution < 1.29 is 13.2 Å². The average Bonchev–Trinajstić information content (AvgIpc) is 2.91. The highest BCUT2D eigenvalue weighted by Gasteiger charge is 2.35. The number of amides is 1. The monoisotopic (exact) mass is 422 g/mol. The number of carbonyl (C=O) groups excluding carboxylic acids is 1. The molecule has 1 atom stereocenters. The molecule has 0 radical (unpaired) electrons. The predicted octanol–water partition coefficient (Wildman–Crippen LogP) is 4.62. The molecule has 1 unspecified atom stereocenters. The first kappa shape index (κ1) is 20.4. The van der Waals surface area contributed by atoms with E-state index in [1.54, 1.807) is 12.1 Å². The second kappa shape index (κ2) is 7.76. The Hall–Kier alpha value is -2.86. The van der Waals surface area contributed by atoms with Crippen LogP contribution in [-0.4, -0.2) is 20.9 Å². The fourth-order valence-electron chi connectivity index (χ4n) is 4.29. The minimum Gasteiger partial charge on any atom is -0.350 e. The Kier molecular flexibility index (Phi) is 5.28. The third kappa shape index (κ3) is 3.56. The molecule has 3 aromatic carbocycles. The molecule has 6 heteroatoms. The summed E-state index contributed by atoms with van der Waals surface area (Å²) in [5.74, 6) is -0.0743. The van der Waals surface area contributed by atoms with Gasteiger partial charge in [-0.1, -0.05) is 48.0 Å². The van der Waals surface area contributed by atoms with Gasteiger partial charge in [-0.15, -0.1) is 0 Å². The fourth-order valence-corrected chi connectivity index (χ4v) is 6.03. The number of hydrogen-bond acceptors (Lipinski definition) is 3. The van der Waals surface area contributed by atoms with Crippen LogP contribution in [0.25, 0.3) is 10.8 Å².